The molecule has 0 aromatic heterocycles. The number of para-hydroxylation sites is 1. The van der Waals surface area contributed by atoms with Crippen molar-refractivity contribution >= 4 is 5.69 Å². The Morgan fingerprint density at radius 2 is 1.72 bits per heavy atom. The minimum atomic E-state index is -1.61. The third-order valence-electron chi connectivity index (χ3n) is 2.01. The summed E-state index contributed by atoms with van der Waals surface area (Å²) in [6.07, 6.45) is -1.61. The molecule has 1 atom stereocenters. The summed E-state index contributed by atoms with van der Waals surface area (Å²) in [6.45, 7) is -0.939. The first-order valence-corrected chi connectivity index (χ1v) is 4.58. The highest BCUT2D eigenvalue weighted by molar-refractivity contribution is 5.41. The van der Waals surface area contributed by atoms with Crippen LogP contribution in [0, 0.1) is 30.3 Å². The predicted molar refractivity (Wildman–Crippen MR) is 55.8 cm³/mol. The van der Waals surface area contributed by atoms with Crippen LogP contribution in [-0.2, 0) is 4.84 Å². The Kier molecular flexibility index (Phi) is 4.07. The van der Waals surface area contributed by atoms with Crippen molar-refractivity contribution in [2.45, 2.75) is 6.10 Å². The van der Waals surface area contributed by atoms with E-state index in [9.17, 15) is 30.3 Å². The lowest BCUT2D eigenvalue weighted by Gasteiger charge is -2.10. The fourth-order valence-corrected chi connectivity index (χ4v) is 1.35. The minimum absolute atomic E-state index is 0.212. The fraction of sp³-hybridized carbons (Fsp3) is 0.250. The third kappa shape index (κ3) is 3.37. The van der Waals surface area contributed by atoms with Crippen LogP contribution in [0.25, 0.3) is 0 Å². The van der Waals surface area contributed by atoms with Gasteiger partial charge in [-0.15, -0.1) is 10.1 Å². The third-order valence-corrected chi connectivity index (χ3v) is 2.01. The van der Waals surface area contributed by atoms with Gasteiger partial charge in [-0.3, -0.25) is 25.1 Å². The Morgan fingerprint density at radius 3 is 2.22 bits per heavy atom. The zero-order chi connectivity index (χ0) is 13.7. The molecule has 0 aliphatic carbocycles. The van der Waals surface area contributed by atoms with Gasteiger partial charge < -0.3 is 0 Å². The van der Waals surface area contributed by atoms with E-state index in [1.54, 1.807) is 0 Å². The number of rotatable bonds is 6. The molecule has 0 unspecified atom stereocenters. The minimum Gasteiger partial charge on any atom is -0.299 e. The van der Waals surface area contributed by atoms with Gasteiger partial charge >= 0.3 is 0 Å². The maximum Gasteiger partial charge on any atom is 0.295 e. The Balaban J connectivity index is 3.15. The van der Waals surface area contributed by atoms with Crippen LogP contribution in [0.2, 0.25) is 0 Å². The number of nitro groups is 2. The van der Waals surface area contributed by atoms with Gasteiger partial charge in [0.15, 0.2) is 0 Å². The molecule has 0 bridgehead atoms. The van der Waals surface area contributed by atoms with E-state index in [1.165, 1.54) is 18.2 Å². The van der Waals surface area contributed by atoms with Crippen LogP contribution < -0.4 is 0 Å². The summed E-state index contributed by atoms with van der Waals surface area (Å²) in [6, 6.07) is 4.98. The van der Waals surface area contributed by atoms with Gasteiger partial charge in [-0.05, 0) is 6.07 Å². The lowest BCUT2D eigenvalue weighted by molar-refractivity contribution is -0.777. The molecule has 0 aliphatic heterocycles. The van der Waals surface area contributed by atoms with Crippen molar-refractivity contribution in [3.8, 4) is 0 Å². The van der Waals surface area contributed by atoms with Gasteiger partial charge in [0.05, 0.1) is 10.5 Å². The van der Waals surface area contributed by atoms with Crippen LogP contribution in [0.5, 0.6) is 0 Å². The Hall–Kier alpha value is -2.78. The molecule has 1 aromatic carbocycles. The lowest BCUT2D eigenvalue weighted by atomic mass is 10.1. The number of benzene rings is 1. The molecule has 0 saturated heterocycles. The topological polar surface area (TPSA) is 139 Å². The summed E-state index contributed by atoms with van der Waals surface area (Å²) in [5.74, 6) is 0. The van der Waals surface area contributed by atoms with Crippen LogP contribution in [0.3, 0.4) is 0 Å². The standard InChI is InChI=1S/C8H7N3O7/c12-9(13)5-8(18-11(16)17)6-3-1-2-4-7(6)10(14)15/h1-4,8H,5H2/t8-/m0/s1. The summed E-state index contributed by atoms with van der Waals surface area (Å²) in [4.78, 5) is 33.8. The van der Waals surface area contributed by atoms with E-state index >= 15 is 0 Å². The van der Waals surface area contributed by atoms with Gasteiger partial charge in [0.1, 0.15) is 0 Å². The molecule has 10 heteroatoms. The first-order chi connectivity index (χ1) is 8.41. The molecule has 96 valence electrons. The van der Waals surface area contributed by atoms with E-state index < -0.39 is 33.3 Å². The van der Waals surface area contributed by atoms with E-state index in [-0.39, 0.29) is 5.56 Å². The first-order valence-electron chi connectivity index (χ1n) is 4.58. The second kappa shape index (κ2) is 5.52. The summed E-state index contributed by atoms with van der Waals surface area (Å²) < 4.78 is 0. The van der Waals surface area contributed by atoms with Crippen molar-refractivity contribution in [2.75, 3.05) is 6.54 Å². The van der Waals surface area contributed by atoms with Gasteiger partial charge in [-0.1, -0.05) is 12.1 Å². The van der Waals surface area contributed by atoms with Gasteiger partial charge in [0.2, 0.25) is 12.6 Å². The van der Waals surface area contributed by atoms with Crippen molar-refractivity contribution in [3.05, 3.63) is 60.2 Å². The maximum absolute atomic E-state index is 10.7. The fourth-order valence-electron chi connectivity index (χ4n) is 1.35. The highest BCUT2D eigenvalue weighted by Crippen LogP contribution is 2.27. The van der Waals surface area contributed by atoms with Crippen molar-refractivity contribution in [3.63, 3.8) is 0 Å². The molecule has 0 aliphatic rings. The van der Waals surface area contributed by atoms with Gasteiger partial charge in [0, 0.05) is 11.0 Å². The number of hydrogen-bond acceptors (Lipinski definition) is 7. The highest BCUT2D eigenvalue weighted by Gasteiger charge is 2.28. The Labute approximate surface area is 99.2 Å². The van der Waals surface area contributed by atoms with E-state index in [4.69, 9.17) is 0 Å². The van der Waals surface area contributed by atoms with Crippen LogP contribution in [0.1, 0.15) is 11.7 Å². The summed E-state index contributed by atoms with van der Waals surface area (Å²) >= 11 is 0. The number of hydrogen-bond donors (Lipinski definition) is 0. The molecule has 18 heavy (non-hydrogen) atoms. The van der Waals surface area contributed by atoms with E-state index in [1.807, 2.05) is 0 Å². The van der Waals surface area contributed by atoms with E-state index in [2.05, 4.69) is 4.84 Å². The average Bonchev–Trinajstić information content (AvgIpc) is 2.26. The van der Waals surface area contributed by atoms with Gasteiger partial charge in [-0.2, -0.15) is 0 Å². The quantitative estimate of drug-likeness (QED) is 0.549. The molecular weight excluding hydrogens is 250 g/mol. The average molecular weight is 257 g/mol. The van der Waals surface area contributed by atoms with Crippen molar-refractivity contribution in [1.82, 2.24) is 0 Å². The molecule has 0 spiro atoms. The van der Waals surface area contributed by atoms with Crippen molar-refractivity contribution in [2.24, 2.45) is 0 Å². The molecule has 0 radical (unpaired) electrons. The zero-order valence-corrected chi connectivity index (χ0v) is 8.79. The Morgan fingerprint density at radius 1 is 1.11 bits per heavy atom. The monoisotopic (exact) mass is 257 g/mol. The largest absolute Gasteiger partial charge is 0.299 e. The zero-order valence-electron chi connectivity index (χ0n) is 8.79. The summed E-state index contributed by atoms with van der Waals surface area (Å²) in [7, 11) is 0. The van der Waals surface area contributed by atoms with Crippen LogP contribution >= 0.6 is 0 Å². The van der Waals surface area contributed by atoms with Crippen LogP contribution in [0.4, 0.5) is 5.69 Å². The summed E-state index contributed by atoms with van der Waals surface area (Å²) in [5.41, 5.74) is -0.679. The highest BCUT2D eigenvalue weighted by atomic mass is 17.0. The SMILES string of the molecule is O=[N+]([O-])C[C@H](O[N+](=O)[O-])c1ccccc1[N+](=O)[O-]. The van der Waals surface area contributed by atoms with Gasteiger partial charge in [-0.25, -0.2) is 0 Å². The number of nitro benzene ring substituents is 1. The van der Waals surface area contributed by atoms with Crippen LogP contribution in [0.15, 0.2) is 24.3 Å². The second-order valence-corrected chi connectivity index (χ2v) is 3.15. The maximum atomic E-state index is 10.7. The molecular formula is C8H7N3O7. The molecule has 1 rings (SSSR count). The lowest BCUT2D eigenvalue weighted by Crippen LogP contribution is -2.19. The van der Waals surface area contributed by atoms with E-state index in [0.717, 1.165) is 6.07 Å². The normalized spacial score (nSPS) is 11.6. The smallest absolute Gasteiger partial charge is 0.295 e. The molecule has 1 aromatic rings. The number of nitrogens with zero attached hydrogens (tertiary/aromatic N) is 3. The second-order valence-electron chi connectivity index (χ2n) is 3.15. The first kappa shape index (κ1) is 13.3. The molecule has 10 nitrogen and oxygen atoms in total. The molecule has 0 heterocycles. The molecule has 0 N–H and O–H groups in total. The predicted octanol–water partition coefficient (Wildman–Crippen LogP) is 1.12. The van der Waals surface area contributed by atoms with Gasteiger partial charge in [0.25, 0.3) is 10.8 Å². The van der Waals surface area contributed by atoms with Crippen molar-refractivity contribution < 1.29 is 19.8 Å². The Bertz CT molecular complexity index is 473. The van der Waals surface area contributed by atoms with Crippen molar-refractivity contribution in [1.29, 1.82) is 0 Å². The molecule has 0 saturated carbocycles. The molecule has 0 fully saturated rings. The summed E-state index contributed by atoms with van der Waals surface area (Å²) in [5, 5.41) is 30.1. The van der Waals surface area contributed by atoms with E-state index in [0.29, 0.717) is 0 Å². The molecule has 0 amide bonds. The van der Waals surface area contributed by atoms with Crippen LogP contribution in [-0.4, -0.2) is 21.5 Å².